The molecule has 7 heteroatoms. The third kappa shape index (κ3) is 6.32. The first-order valence-electron chi connectivity index (χ1n) is 7.21. The molecule has 4 nitrogen and oxygen atoms in total. The molecular formula is C15H25Cl2N3OS. The van der Waals surface area contributed by atoms with Crippen molar-refractivity contribution in [3.63, 3.8) is 0 Å². The Morgan fingerprint density at radius 2 is 2.23 bits per heavy atom. The predicted molar refractivity (Wildman–Crippen MR) is 97.9 cm³/mol. The van der Waals surface area contributed by atoms with Crippen LogP contribution in [0.1, 0.15) is 31.9 Å². The number of pyridine rings is 1. The fourth-order valence-electron chi connectivity index (χ4n) is 2.62. The van der Waals surface area contributed by atoms with Gasteiger partial charge in [-0.15, -0.1) is 36.6 Å². The van der Waals surface area contributed by atoms with E-state index >= 15 is 0 Å². The van der Waals surface area contributed by atoms with E-state index < -0.39 is 0 Å². The molecule has 0 spiro atoms. The standard InChI is InChI=1S/C15H23N3OS.2ClH/c1-12(16)14-7-3-5-9-18(14)15(19)11-20-10-13-6-2-4-8-17-13;;/h2,4,6,8,12,14H,3,5,7,9-11,16H2,1H3;2*1H. The van der Waals surface area contributed by atoms with E-state index in [2.05, 4.69) is 4.98 Å². The molecule has 0 radical (unpaired) electrons. The highest BCUT2D eigenvalue weighted by atomic mass is 35.5. The number of rotatable bonds is 5. The maximum absolute atomic E-state index is 12.3. The molecule has 1 aromatic heterocycles. The summed E-state index contributed by atoms with van der Waals surface area (Å²) in [5.41, 5.74) is 7.03. The lowest BCUT2D eigenvalue weighted by atomic mass is 9.97. The van der Waals surface area contributed by atoms with E-state index in [9.17, 15) is 4.79 Å². The summed E-state index contributed by atoms with van der Waals surface area (Å²) in [6, 6.07) is 6.14. The van der Waals surface area contributed by atoms with Crippen molar-refractivity contribution in [3.05, 3.63) is 30.1 Å². The fourth-order valence-corrected chi connectivity index (χ4v) is 3.45. The SMILES string of the molecule is CC(N)C1CCCCN1C(=O)CSCc1ccccn1.Cl.Cl. The van der Waals surface area contributed by atoms with Crippen LogP contribution in [0.3, 0.4) is 0 Å². The van der Waals surface area contributed by atoms with Crippen molar-refractivity contribution in [2.24, 2.45) is 5.73 Å². The molecule has 1 saturated heterocycles. The van der Waals surface area contributed by atoms with Crippen molar-refractivity contribution in [3.8, 4) is 0 Å². The van der Waals surface area contributed by atoms with Gasteiger partial charge in [0.15, 0.2) is 0 Å². The minimum absolute atomic E-state index is 0. The lowest BCUT2D eigenvalue weighted by Crippen LogP contribution is -2.52. The predicted octanol–water partition coefficient (Wildman–Crippen LogP) is 2.89. The van der Waals surface area contributed by atoms with Crippen molar-refractivity contribution >= 4 is 42.5 Å². The Kier molecular flexibility index (Phi) is 10.9. The van der Waals surface area contributed by atoms with E-state index in [-0.39, 0.29) is 42.8 Å². The summed E-state index contributed by atoms with van der Waals surface area (Å²) in [5, 5.41) is 0. The molecule has 0 aliphatic carbocycles. The molecule has 2 atom stereocenters. The molecule has 1 aliphatic heterocycles. The number of hydrogen-bond acceptors (Lipinski definition) is 4. The molecule has 0 bridgehead atoms. The summed E-state index contributed by atoms with van der Waals surface area (Å²) >= 11 is 1.63. The zero-order valence-electron chi connectivity index (χ0n) is 12.8. The molecule has 2 N–H and O–H groups in total. The summed E-state index contributed by atoms with van der Waals surface area (Å²) in [6.45, 7) is 2.85. The Hall–Kier alpha value is -0.490. The van der Waals surface area contributed by atoms with E-state index in [1.807, 2.05) is 30.0 Å². The number of nitrogens with zero attached hydrogens (tertiary/aromatic N) is 2. The van der Waals surface area contributed by atoms with E-state index in [0.717, 1.165) is 30.8 Å². The van der Waals surface area contributed by atoms with E-state index in [0.29, 0.717) is 5.75 Å². The number of halogens is 2. The molecule has 2 heterocycles. The van der Waals surface area contributed by atoms with Gasteiger partial charge in [-0.1, -0.05) is 6.07 Å². The Balaban J connectivity index is 0.00000220. The maximum Gasteiger partial charge on any atom is 0.232 e. The highest BCUT2D eigenvalue weighted by molar-refractivity contribution is 7.99. The number of likely N-dealkylation sites (tertiary alicyclic amines) is 1. The zero-order valence-corrected chi connectivity index (χ0v) is 15.3. The molecule has 126 valence electrons. The van der Waals surface area contributed by atoms with Crippen LogP contribution in [0.25, 0.3) is 0 Å². The van der Waals surface area contributed by atoms with Gasteiger partial charge in [0.2, 0.25) is 5.91 Å². The number of hydrogen-bond donors (Lipinski definition) is 1. The highest BCUT2D eigenvalue weighted by Gasteiger charge is 2.28. The summed E-state index contributed by atoms with van der Waals surface area (Å²) < 4.78 is 0. The number of amides is 1. The van der Waals surface area contributed by atoms with Crippen molar-refractivity contribution in [2.45, 2.75) is 44.0 Å². The van der Waals surface area contributed by atoms with Crippen LogP contribution in [0.15, 0.2) is 24.4 Å². The van der Waals surface area contributed by atoms with Crippen LogP contribution >= 0.6 is 36.6 Å². The molecule has 1 amide bonds. The molecule has 2 rings (SSSR count). The fraction of sp³-hybridized carbons (Fsp3) is 0.600. The Morgan fingerprint density at radius 1 is 1.45 bits per heavy atom. The normalized spacial score (nSPS) is 18.8. The minimum atomic E-state index is 0. The lowest BCUT2D eigenvalue weighted by Gasteiger charge is -2.38. The highest BCUT2D eigenvalue weighted by Crippen LogP contribution is 2.21. The van der Waals surface area contributed by atoms with Gasteiger partial charge in [-0.05, 0) is 38.3 Å². The van der Waals surface area contributed by atoms with Crippen LogP contribution in [-0.4, -0.2) is 40.2 Å². The average molecular weight is 366 g/mol. The Labute approximate surface area is 149 Å². The smallest absolute Gasteiger partial charge is 0.232 e. The van der Waals surface area contributed by atoms with Gasteiger partial charge in [-0.25, -0.2) is 0 Å². The van der Waals surface area contributed by atoms with Crippen LogP contribution in [0.5, 0.6) is 0 Å². The monoisotopic (exact) mass is 365 g/mol. The molecule has 0 aromatic carbocycles. The van der Waals surface area contributed by atoms with Crippen LogP contribution in [0.2, 0.25) is 0 Å². The van der Waals surface area contributed by atoms with Gasteiger partial charge in [0.1, 0.15) is 0 Å². The van der Waals surface area contributed by atoms with Gasteiger partial charge in [0.05, 0.1) is 11.4 Å². The topological polar surface area (TPSA) is 59.2 Å². The number of carbonyl (C=O) groups excluding carboxylic acids is 1. The Bertz CT molecular complexity index is 434. The Morgan fingerprint density at radius 3 is 2.86 bits per heavy atom. The van der Waals surface area contributed by atoms with Crippen molar-refractivity contribution in [2.75, 3.05) is 12.3 Å². The summed E-state index contributed by atoms with van der Waals surface area (Å²) in [5.74, 6) is 1.51. The van der Waals surface area contributed by atoms with Crippen LogP contribution in [-0.2, 0) is 10.5 Å². The summed E-state index contributed by atoms with van der Waals surface area (Å²) in [4.78, 5) is 18.6. The number of aromatic nitrogens is 1. The number of piperidine rings is 1. The van der Waals surface area contributed by atoms with Gasteiger partial charge in [0, 0.05) is 30.6 Å². The number of carbonyl (C=O) groups is 1. The molecule has 1 aliphatic rings. The molecule has 22 heavy (non-hydrogen) atoms. The zero-order chi connectivity index (χ0) is 14.4. The third-order valence-electron chi connectivity index (χ3n) is 3.68. The van der Waals surface area contributed by atoms with Gasteiger partial charge < -0.3 is 10.6 Å². The molecule has 2 unspecified atom stereocenters. The number of nitrogens with two attached hydrogens (primary N) is 1. The van der Waals surface area contributed by atoms with Gasteiger partial charge in [0.25, 0.3) is 0 Å². The molecule has 1 fully saturated rings. The second-order valence-corrected chi connectivity index (χ2v) is 6.31. The van der Waals surface area contributed by atoms with Gasteiger partial charge in [-0.3, -0.25) is 9.78 Å². The number of thioether (sulfide) groups is 1. The maximum atomic E-state index is 12.3. The molecule has 0 saturated carbocycles. The van der Waals surface area contributed by atoms with E-state index in [1.165, 1.54) is 6.42 Å². The minimum Gasteiger partial charge on any atom is -0.337 e. The third-order valence-corrected chi connectivity index (χ3v) is 4.63. The molecule has 1 aromatic rings. The quantitative estimate of drug-likeness (QED) is 0.871. The van der Waals surface area contributed by atoms with Crippen LogP contribution in [0, 0.1) is 0 Å². The largest absolute Gasteiger partial charge is 0.337 e. The second-order valence-electron chi connectivity index (χ2n) is 5.32. The first-order valence-corrected chi connectivity index (χ1v) is 8.36. The van der Waals surface area contributed by atoms with Gasteiger partial charge in [-0.2, -0.15) is 0 Å². The first-order chi connectivity index (χ1) is 9.68. The summed E-state index contributed by atoms with van der Waals surface area (Å²) in [6.07, 6.45) is 5.10. The van der Waals surface area contributed by atoms with Crippen LogP contribution < -0.4 is 5.73 Å². The first kappa shape index (κ1) is 21.5. The molecular weight excluding hydrogens is 341 g/mol. The lowest BCUT2D eigenvalue weighted by molar-refractivity contribution is -0.132. The van der Waals surface area contributed by atoms with Crippen LogP contribution in [0.4, 0.5) is 0 Å². The van der Waals surface area contributed by atoms with Crippen molar-refractivity contribution < 1.29 is 4.79 Å². The summed E-state index contributed by atoms with van der Waals surface area (Å²) in [7, 11) is 0. The average Bonchev–Trinajstić information content (AvgIpc) is 2.48. The van der Waals surface area contributed by atoms with Gasteiger partial charge >= 0.3 is 0 Å². The van der Waals surface area contributed by atoms with E-state index in [1.54, 1.807) is 18.0 Å². The van der Waals surface area contributed by atoms with Crippen molar-refractivity contribution in [1.82, 2.24) is 9.88 Å². The van der Waals surface area contributed by atoms with E-state index in [4.69, 9.17) is 5.73 Å². The second kappa shape index (κ2) is 11.1. The van der Waals surface area contributed by atoms with Crippen molar-refractivity contribution in [1.29, 1.82) is 0 Å².